The molecule has 0 aromatic heterocycles. The number of phosphoric ester groups is 2. The number of aliphatic hydroxyl groups excluding tert-OH is 1. The van der Waals surface area contributed by atoms with Crippen LogP contribution in [0.5, 0.6) is 0 Å². The van der Waals surface area contributed by atoms with Gasteiger partial charge in [-0.05, 0) is 25.7 Å². The van der Waals surface area contributed by atoms with Crippen LogP contribution in [0.15, 0.2) is 0 Å². The van der Waals surface area contributed by atoms with Gasteiger partial charge >= 0.3 is 39.5 Å². The summed E-state index contributed by atoms with van der Waals surface area (Å²) < 4.78 is 67.6. The number of aliphatic hydroxyl groups is 1. The maximum Gasteiger partial charge on any atom is 0.472 e. The lowest BCUT2D eigenvalue weighted by Crippen LogP contribution is -2.30. The molecular formula is C59H114O17P2. The Hall–Kier alpha value is -1.94. The molecule has 2 unspecified atom stereocenters. The number of ether oxygens (including phenoxy) is 4. The molecule has 0 aliphatic carbocycles. The van der Waals surface area contributed by atoms with E-state index >= 15 is 0 Å². The second kappa shape index (κ2) is 54.3. The van der Waals surface area contributed by atoms with E-state index in [1.807, 2.05) is 0 Å². The van der Waals surface area contributed by atoms with E-state index in [0.717, 1.165) is 103 Å². The normalized spacial score (nSPS) is 14.3. The second-order valence-corrected chi connectivity index (χ2v) is 24.3. The zero-order chi connectivity index (χ0) is 57.6. The number of carbonyl (C=O) groups excluding carboxylic acids is 4. The summed E-state index contributed by atoms with van der Waals surface area (Å²) in [7, 11) is -9.87. The van der Waals surface area contributed by atoms with Crippen molar-refractivity contribution in [3.8, 4) is 0 Å². The SMILES string of the molecule is CCCCCCCCCCCCCC(=O)OC[C@H](COP(=O)(O)OC[C@@H](O)COP(=O)(O)OC[C@@H](COC(=O)CCCCCCCCC)OC(=O)CCCCCCCCCCC)OC(=O)CCCCCCCCCCCCC. The topological polar surface area (TPSA) is 237 Å². The minimum Gasteiger partial charge on any atom is -0.462 e. The zero-order valence-electron chi connectivity index (χ0n) is 49.6. The van der Waals surface area contributed by atoms with Crippen molar-refractivity contribution in [3.63, 3.8) is 0 Å². The molecule has 5 atom stereocenters. The highest BCUT2D eigenvalue weighted by Crippen LogP contribution is 2.45. The summed E-state index contributed by atoms with van der Waals surface area (Å²) in [5, 5.41) is 10.5. The fourth-order valence-corrected chi connectivity index (χ4v) is 10.3. The quantitative estimate of drug-likeness (QED) is 0.0222. The molecule has 0 saturated carbocycles. The van der Waals surface area contributed by atoms with Gasteiger partial charge in [0, 0.05) is 25.7 Å². The Morgan fingerprint density at radius 1 is 0.308 bits per heavy atom. The summed E-state index contributed by atoms with van der Waals surface area (Å²) in [4.78, 5) is 71.8. The molecule has 0 fully saturated rings. The Morgan fingerprint density at radius 3 is 0.756 bits per heavy atom. The van der Waals surface area contributed by atoms with Gasteiger partial charge in [-0.2, -0.15) is 0 Å². The van der Waals surface area contributed by atoms with Crippen molar-refractivity contribution in [1.29, 1.82) is 0 Å². The van der Waals surface area contributed by atoms with E-state index in [4.69, 9.17) is 37.0 Å². The van der Waals surface area contributed by atoms with Gasteiger partial charge in [0.1, 0.15) is 19.3 Å². The third kappa shape index (κ3) is 53.4. The van der Waals surface area contributed by atoms with Gasteiger partial charge in [0.05, 0.1) is 26.4 Å². The maximum absolute atomic E-state index is 12.9. The van der Waals surface area contributed by atoms with Gasteiger partial charge in [-0.1, -0.05) is 246 Å². The van der Waals surface area contributed by atoms with Crippen molar-refractivity contribution >= 4 is 39.5 Å². The van der Waals surface area contributed by atoms with Crippen molar-refractivity contribution < 1.29 is 80.2 Å². The fourth-order valence-electron chi connectivity index (χ4n) is 8.75. The number of rotatable bonds is 60. The first kappa shape index (κ1) is 76.1. The number of esters is 4. The van der Waals surface area contributed by atoms with Gasteiger partial charge in [-0.3, -0.25) is 37.3 Å². The molecule has 0 bridgehead atoms. The van der Waals surface area contributed by atoms with Gasteiger partial charge < -0.3 is 33.8 Å². The lowest BCUT2D eigenvalue weighted by molar-refractivity contribution is -0.161. The van der Waals surface area contributed by atoms with Crippen molar-refractivity contribution in [2.45, 2.75) is 316 Å². The molecular weight excluding hydrogens is 1040 g/mol. The largest absolute Gasteiger partial charge is 0.472 e. The summed E-state index contributed by atoms with van der Waals surface area (Å²) in [5.74, 6) is -2.14. The van der Waals surface area contributed by atoms with Gasteiger partial charge in [0.2, 0.25) is 0 Å². The number of hydrogen-bond acceptors (Lipinski definition) is 15. The van der Waals surface area contributed by atoms with Crippen LogP contribution in [0.3, 0.4) is 0 Å². The highest BCUT2D eigenvalue weighted by atomic mass is 31.2. The Morgan fingerprint density at radius 2 is 0.513 bits per heavy atom. The molecule has 0 aliphatic heterocycles. The molecule has 0 amide bonds. The van der Waals surface area contributed by atoms with E-state index in [9.17, 15) is 43.2 Å². The number of unbranched alkanes of at least 4 members (excludes halogenated alkanes) is 34. The Kier molecular flexibility index (Phi) is 53.0. The Bertz CT molecular complexity index is 1520. The molecule has 0 radical (unpaired) electrons. The van der Waals surface area contributed by atoms with Gasteiger partial charge in [-0.15, -0.1) is 0 Å². The number of phosphoric acid groups is 2. The first-order chi connectivity index (χ1) is 37.7. The molecule has 0 aromatic rings. The van der Waals surface area contributed by atoms with E-state index in [-0.39, 0.29) is 25.7 Å². The maximum atomic E-state index is 12.9. The number of carbonyl (C=O) groups is 4. The smallest absolute Gasteiger partial charge is 0.462 e. The molecule has 462 valence electrons. The summed E-state index contributed by atoms with van der Waals surface area (Å²) in [5.41, 5.74) is 0. The molecule has 19 heteroatoms. The lowest BCUT2D eigenvalue weighted by Gasteiger charge is -2.21. The molecule has 0 rings (SSSR count). The van der Waals surface area contributed by atoms with Crippen molar-refractivity contribution in [1.82, 2.24) is 0 Å². The van der Waals surface area contributed by atoms with Gasteiger partial charge in [0.15, 0.2) is 12.2 Å². The van der Waals surface area contributed by atoms with E-state index in [1.54, 1.807) is 0 Å². The molecule has 0 spiro atoms. The first-order valence-corrected chi connectivity index (χ1v) is 34.3. The van der Waals surface area contributed by atoms with E-state index < -0.39 is 97.5 Å². The van der Waals surface area contributed by atoms with Crippen molar-refractivity contribution in [3.05, 3.63) is 0 Å². The van der Waals surface area contributed by atoms with Crippen LogP contribution in [-0.4, -0.2) is 96.7 Å². The third-order valence-corrected chi connectivity index (χ3v) is 15.5. The summed E-state index contributed by atoms with van der Waals surface area (Å²) in [6.45, 7) is 4.79. The predicted molar refractivity (Wildman–Crippen MR) is 308 cm³/mol. The van der Waals surface area contributed by atoms with Crippen molar-refractivity contribution in [2.24, 2.45) is 0 Å². The van der Waals surface area contributed by atoms with Crippen LogP contribution in [-0.2, 0) is 65.4 Å². The third-order valence-electron chi connectivity index (χ3n) is 13.6. The fraction of sp³-hybridized carbons (Fsp3) is 0.932. The molecule has 3 N–H and O–H groups in total. The van der Waals surface area contributed by atoms with Crippen molar-refractivity contribution in [2.75, 3.05) is 39.6 Å². The summed E-state index contributed by atoms with van der Waals surface area (Å²) in [6, 6.07) is 0. The average molecular weight is 1160 g/mol. The standard InChI is InChI=1S/C59H114O17P2/c1-5-9-13-17-21-24-26-29-32-36-40-44-57(62)70-50-55(76-59(64)46-42-38-34-30-27-25-22-18-14-10-6-2)52-74-78(67,68)72-48-53(60)47-71-77(65,66)73-51-54(49-69-56(61)43-39-35-31-20-16-12-8-4)75-58(63)45-41-37-33-28-23-19-15-11-7-3/h53-55,60H,5-52H2,1-4H3,(H,65,66)(H,67,68)/t53-,54+,55+/m0/s1. The summed E-state index contributed by atoms with van der Waals surface area (Å²) >= 11 is 0. The molecule has 17 nitrogen and oxygen atoms in total. The average Bonchev–Trinajstić information content (AvgIpc) is 3.41. The van der Waals surface area contributed by atoms with Crippen LogP contribution in [0, 0.1) is 0 Å². The zero-order valence-corrected chi connectivity index (χ0v) is 51.4. The van der Waals surface area contributed by atoms with Crippen LogP contribution in [0.2, 0.25) is 0 Å². The Balaban J connectivity index is 5.20. The van der Waals surface area contributed by atoms with Crippen LogP contribution in [0.25, 0.3) is 0 Å². The summed E-state index contributed by atoms with van der Waals surface area (Å²) in [6.07, 6.45) is 37.6. The van der Waals surface area contributed by atoms with E-state index in [1.165, 1.54) is 116 Å². The van der Waals surface area contributed by atoms with E-state index in [0.29, 0.717) is 25.7 Å². The second-order valence-electron chi connectivity index (χ2n) is 21.4. The molecule has 78 heavy (non-hydrogen) atoms. The minimum atomic E-state index is -4.94. The van der Waals surface area contributed by atoms with Gasteiger partial charge in [-0.25, -0.2) is 9.13 Å². The molecule has 0 heterocycles. The minimum absolute atomic E-state index is 0.106. The van der Waals surface area contributed by atoms with Crippen LogP contribution < -0.4 is 0 Å². The van der Waals surface area contributed by atoms with Gasteiger partial charge in [0.25, 0.3) is 0 Å². The molecule has 0 aliphatic rings. The monoisotopic (exact) mass is 1160 g/mol. The first-order valence-electron chi connectivity index (χ1n) is 31.3. The highest BCUT2D eigenvalue weighted by molar-refractivity contribution is 7.47. The Labute approximate surface area is 473 Å². The molecule has 0 aromatic carbocycles. The highest BCUT2D eigenvalue weighted by Gasteiger charge is 2.30. The van der Waals surface area contributed by atoms with Crippen LogP contribution >= 0.6 is 15.6 Å². The number of hydrogen-bond donors (Lipinski definition) is 3. The van der Waals surface area contributed by atoms with Crippen LogP contribution in [0.4, 0.5) is 0 Å². The predicted octanol–water partition coefficient (Wildman–Crippen LogP) is 16.0. The molecule has 0 saturated heterocycles. The lowest BCUT2D eigenvalue weighted by atomic mass is 10.1. The van der Waals surface area contributed by atoms with E-state index in [2.05, 4.69) is 27.7 Å². The van der Waals surface area contributed by atoms with Crippen LogP contribution in [0.1, 0.15) is 297 Å².